The summed E-state index contributed by atoms with van der Waals surface area (Å²) in [4.78, 5) is 0. The Morgan fingerprint density at radius 3 is 2.00 bits per heavy atom. The second kappa shape index (κ2) is 17.8. The van der Waals surface area contributed by atoms with E-state index in [1.165, 1.54) is 64.2 Å². The first-order chi connectivity index (χ1) is 15.4. The second-order valence-corrected chi connectivity index (χ2v) is 8.94. The van der Waals surface area contributed by atoms with Gasteiger partial charge in [-0.25, -0.2) is 0 Å². The Balaban J connectivity index is 2.10. The summed E-state index contributed by atoms with van der Waals surface area (Å²) >= 11 is 0. The number of hydrogen-bond donors (Lipinski definition) is 6. The molecule has 1 heterocycles. The molecule has 0 spiro atoms. The minimum Gasteiger partial charge on any atom is -0.394 e. The van der Waals surface area contributed by atoms with Gasteiger partial charge in [-0.05, 0) is 12.8 Å². The highest BCUT2D eigenvalue weighted by Crippen LogP contribution is 2.22. The Kier molecular flexibility index (Phi) is 16.4. The summed E-state index contributed by atoms with van der Waals surface area (Å²) in [5.74, 6) is 0. The molecule has 0 radical (unpaired) electrons. The number of unbranched alkanes of at least 4 members (excludes halogenated alkanes) is 11. The van der Waals surface area contributed by atoms with Crippen molar-refractivity contribution in [1.29, 1.82) is 0 Å². The third-order valence-electron chi connectivity index (χ3n) is 6.05. The van der Waals surface area contributed by atoms with Crippen LogP contribution in [0.4, 0.5) is 0 Å². The van der Waals surface area contributed by atoms with Gasteiger partial charge in [-0.2, -0.15) is 0 Å². The van der Waals surface area contributed by atoms with E-state index in [4.69, 9.17) is 15.2 Å². The number of ether oxygens (including phenoxy) is 2. The Labute approximate surface area is 193 Å². The molecule has 1 aliphatic rings. The lowest BCUT2D eigenvalue weighted by atomic mass is 9.99. The molecular formula is C24H47NO7. The van der Waals surface area contributed by atoms with Crippen LogP contribution in [0.15, 0.2) is 12.2 Å². The summed E-state index contributed by atoms with van der Waals surface area (Å²) < 4.78 is 10.6. The van der Waals surface area contributed by atoms with Crippen molar-refractivity contribution in [2.45, 2.75) is 127 Å². The maximum atomic E-state index is 10.2. The summed E-state index contributed by atoms with van der Waals surface area (Å²) in [5, 5.41) is 48.8. The SMILES string of the molecule is CCCCCCCCCCCCCC=C[C@@H](O)[C@@H](N)CO[C@@H]1OC(CO)[C@H](O)C(O)C1O. The average Bonchev–Trinajstić information content (AvgIpc) is 2.79. The zero-order valence-corrected chi connectivity index (χ0v) is 19.7. The number of nitrogens with two attached hydrogens (primary N) is 1. The highest BCUT2D eigenvalue weighted by Gasteiger charge is 2.44. The van der Waals surface area contributed by atoms with Gasteiger partial charge >= 0.3 is 0 Å². The van der Waals surface area contributed by atoms with Crippen LogP contribution in [0.3, 0.4) is 0 Å². The summed E-state index contributed by atoms with van der Waals surface area (Å²) in [6, 6.07) is -0.740. The molecule has 1 aliphatic heterocycles. The Bertz CT molecular complexity index is 477. The second-order valence-electron chi connectivity index (χ2n) is 8.94. The molecule has 7 atom stereocenters. The van der Waals surface area contributed by atoms with Crippen LogP contribution in [-0.2, 0) is 9.47 Å². The third-order valence-corrected chi connectivity index (χ3v) is 6.05. The van der Waals surface area contributed by atoms with Gasteiger partial charge in [0.05, 0.1) is 25.4 Å². The van der Waals surface area contributed by atoms with Crippen LogP contribution in [0.1, 0.15) is 84.0 Å². The summed E-state index contributed by atoms with van der Waals surface area (Å²) in [6.07, 6.45) is 11.1. The lowest BCUT2D eigenvalue weighted by molar-refractivity contribution is -0.302. The number of hydrogen-bond acceptors (Lipinski definition) is 8. The molecule has 0 aliphatic carbocycles. The Hall–Kier alpha value is -0.580. The first-order valence-corrected chi connectivity index (χ1v) is 12.4. The molecule has 1 fully saturated rings. The number of allylic oxidation sites excluding steroid dienone is 1. The molecule has 190 valence electrons. The van der Waals surface area contributed by atoms with E-state index in [0.29, 0.717) is 0 Å². The predicted molar refractivity (Wildman–Crippen MR) is 124 cm³/mol. The smallest absolute Gasteiger partial charge is 0.186 e. The molecular weight excluding hydrogens is 414 g/mol. The van der Waals surface area contributed by atoms with Crippen LogP contribution >= 0.6 is 0 Å². The summed E-state index contributed by atoms with van der Waals surface area (Å²) in [7, 11) is 0. The molecule has 3 unspecified atom stereocenters. The molecule has 0 aromatic rings. The quantitative estimate of drug-likeness (QED) is 0.134. The molecule has 8 nitrogen and oxygen atoms in total. The number of aliphatic hydroxyl groups is 5. The van der Waals surface area contributed by atoms with Crippen molar-refractivity contribution in [3.05, 3.63) is 12.2 Å². The van der Waals surface area contributed by atoms with Crippen molar-refractivity contribution in [2.75, 3.05) is 13.2 Å². The lowest BCUT2D eigenvalue weighted by Crippen LogP contribution is -2.59. The van der Waals surface area contributed by atoms with Crippen molar-refractivity contribution >= 4 is 0 Å². The maximum absolute atomic E-state index is 10.2. The minimum atomic E-state index is -1.50. The van der Waals surface area contributed by atoms with Gasteiger partial charge in [0.15, 0.2) is 6.29 Å². The fourth-order valence-electron chi connectivity index (χ4n) is 3.81. The highest BCUT2D eigenvalue weighted by atomic mass is 16.7. The van der Waals surface area contributed by atoms with Crippen LogP contribution in [0.2, 0.25) is 0 Å². The van der Waals surface area contributed by atoms with Gasteiger partial charge < -0.3 is 40.7 Å². The van der Waals surface area contributed by atoms with Gasteiger partial charge in [-0.3, -0.25) is 0 Å². The normalized spacial score (nSPS) is 28.3. The van der Waals surface area contributed by atoms with Gasteiger partial charge in [0, 0.05) is 0 Å². The van der Waals surface area contributed by atoms with Crippen molar-refractivity contribution in [3.8, 4) is 0 Å². The first kappa shape index (κ1) is 29.5. The van der Waals surface area contributed by atoms with Gasteiger partial charge in [0.1, 0.15) is 24.4 Å². The van der Waals surface area contributed by atoms with Crippen molar-refractivity contribution in [1.82, 2.24) is 0 Å². The molecule has 0 aromatic heterocycles. The fraction of sp³-hybridized carbons (Fsp3) is 0.917. The first-order valence-electron chi connectivity index (χ1n) is 12.4. The zero-order valence-electron chi connectivity index (χ0n) is 19.7. The van der Waals surface area contributed by atoms with E-state index in [1.807, 2.05) is 6.08 Å². The Morgan fingerprint density at radius 1 is 0.875 bits per heavy atom. The highest BCUT2D eigenvalue weighted by molar-refractivity contribution is 4.94. The lowest BCUT2D eigenvalue weighted by Gasteiger charge is -2.39. The van der Waals surface area contributed by atoms with Crippen LogP contribution in [-0.4, -0.2) is 81.6 Å². The van der Waals surface area contributed by atoms with Crippen LogP contribution < -0.4 is 5.73 Å². The van der Waals surface area contributed by atoms with Crippen LogP contribution in [0, 0.1) is 0 Å². The van der Waals surface area contributed by atoms with Gasteiger partial charge in [0.25, 0.3) is 0 Å². The number of aliphatic hydroxyl groups excluding tert-OH is 5. The molecule has 0 bridgehead atoms. The third kappa shape index (κ3) is 11.5. The van der Waals surface area contributed by atoms with Gasteiger partial charge in [0.2, 0.25) is 0 Å². The van der Waals surface area contributed by atoms with E-state index in [2.05, 4.69) is 6.92 Å². The topological polar surface area (TPSA) is 146 Å². The van der Waals surface area contributed by atoms with Crippen LogP contribution in [0.5, 0.6) is 0 Å². The van der Waals surface area contributed by atoms with Crippen molar-refractivity contribution < 1.29 is 35.0 Å². The number of rotatable bonds is 18. The van der Waals surface area contributed by atoms with E-state index >= 15 is 0 Å². The summed E-state index contributed by atoms with van der Waals surface area (Å²) in [5.41, 5.74) is 5.93. The maximum Gasteiger partial charge on any atom is 0.186 e. The minimum absolute atomic E-state index is 0.118. The van der Waals surface area contributed by atoms with E-state index in [0.717, 1.165) is 12.8 Å². The van der Waals surface area contributed by atoms with E-state index in [-0.39, 0.29) is 6.61 Å². The standard InChI is InChI=1S/C24H47NO7/c1-2-3-4-5-6-7-8-9-10-11-12-13-14-15-19(27)18(25)17-31-24-23(30)22(29)21(28)20(16-26)32-24/h14-15,18-24,26-30H,2-13,16-17,25H2,1H3/t18-,19+,20?,21-,22?,23?,24+/m0/s1. The van der Waals surface area contributed by atoms with E-state index in [1.54, 1.807) is 6.08 Å². The molecule has 32 heavy (non-hydrogen) atoms. The van der Waals surface area contributed by atoms with Crippen molar-refractivity contribution in [2.24, 2.45) is 5.73 Å². The monoisotopic (exact) mass is 461 g/mol. The molecule has 0 amide bonds. The molecule has 0 aromatic carbocycles. The molecule has 8 heteroatoms. The van der Waals surface area contributed by atoms with Crippen molar-refractivity contribution in [3.63, 3.8) is 0 Å². The van der Waals surface area contributed by atoms with Gasteiger partial charge in [-0.15, -0.1) is 0 Å². The molecule has 0 saturated carbocycles. The van der Waals surface area contributed by atoms with Gasteiger partial charge in [-0.1, -0.05) is 83.3 Å². The average molecular weight is 462 g/mol. The molecule has 1 rings (SSSR count). The van der Waals surface area contributed by atoms with Crippen LogP contribution in [0.25, 0.3) is 0 Å². The fourth-order valence-corrected chi connectivity index (χ4v) is 3.81. The van der Waals surface area contributed by atoms with E-state index in [9.17, 15) is 25.5 Å². The largest absolute Gasteiger partial charge is 0.394 e. The predicted octanol–water partition coefficient (Wildman–Crippen LogP) is 1.75. The summed E-state index contributed by atoms with van der Waals surface area (Å²) in [6.45, 7) is 1.60. The molecule has 7 N–H and O–H groups in total. The van der Waals surface area contributed by atoms with E-state index < -0.39 is 49.5 Å². The molecule has 1 saturated heterocycles. The zero-order chi connectivity index (χ0) is 23.8. The Morgan fingerprint density at radius 2 is 1.44 bits per heavy atom.